The van der Waals surface area contributed by atoms with Crippen molar-refractivity contribution < 1.29 is 24.3 Å². The molecule has 0 unspecified atom stereocenters. The van der Waals surface area contributed by atoms with Gasteiger partial charge in [0, 0.05) is 17.7 Å². The number of nitrogens with one attached hydrogen (secondary N) is 1. The molecule has 0 heterocycles. The van der Waals surface area contributed by atoms with Gasteiger partial charge in [0.05, 0.1) is 32.9 Å². The average molecular weight is 449 g/mol. The van der Waals surface area contributed by atoms with Gasteiger partial charge in [-0.1, -0.05) is 18.2 Å². The molecule has 0 bridgehead atoms. The van der Waals surface area contributed by atoms with Gasteiger partial charge in [-0.3, -0.25) is 25.0 Å². The molecule has 1 N–H and O–H groups in total. The van der Waals surface area contributed by atoms with Crippen LogP contribution in [-0.2, 0) is 4.84 Å². The zero-order chi connectivity index (χ0) is 24.0. The number of anilines is 1. The predicted octanol–water partition coefficient (Wildman–Crippen LogP) is 4.92. The van der Waals surface area contributed by atoms with Crippen LogP contribution < -0.4 is 5.48 Å². The van der Waals surface area contributed by atoms with Crippen molar-refractivity contribution in [3.8, 4) is 0 Å². The van der Waals surface area contributed by atoms with Crippen LogP contribution in [0.1, 0.15) is 26.3 Å². The van der Waals surface area contributed by atoms with Crippen molar-refractivity contribution in [1.29, 1.82) is 0 Å². The van der Waals surface area contributed by atoms with Crippen LogP contribution in [0.25, 0.3) is 0 Å². The van der Waals surface area contributed by atoms with Crippen LogP contribution >= 0.6 is 0 Å². The van der Waals surface area contributed by atoms with Crippen LogP contribution in [0.15, 0.2) is 77.0 Å². The standard InChI is InChI=1S/C21H15N5O7/c1-13-4-2-3-5-19(13)20(27)23-22-15-6-8-16(9-7-15)24-33-21(28)14-10-17(25(29)30)12-18(11-14)26(31)32/h2-12,24H,1H3. The minimum absolute atomic E-state index is 0.312. The monoisotopic (exact) mass is 449 g/mol. The van der Waals surface area contributed by atoms with E-state index in [0.29, 0.717) is 16.9 Å². The first-order chi connectivity index (χ1) is 15.7. The Kier molecular flexibility index (Phi) is 6.78. The van der Waals surface area contributed by atoms with Crippen molar-refractivity contribution in [3.05, 3.63) is 104 Å². The van der Waals surface area contributed by atoms with Gasteiger partial charge in [-0.25, -0.2) is 10.3 Å². The normalized spacial score (nSPS) is 10.6. The third kappa shape index (κ3) is 5.79. The Hall–Kier alpha value is -5.00. The lowest BCUT2D eigenvalue weighted by Crippen LogP contribution is -2.11. The van der Waals surface area contributed by atoms with E-state index in [-0.39, 0.29) is 5.56 Å². The first-order valence-electron chi connectivity index (χ1n) is 9.27. The molecule has 12 heteroatoms. The lowest BCUT2D eigenvalue weighted by molar-refractivity contribution is -0.394. The summed E-state index contributed by atoms with van der Waals surface area (Å²) in [7, 11) is 0. The number of rotatable bonds is 7. The topological polar surface area (TPSA) is 166 Å². The maximum Gasteiger partial charge on any atom is 0.363 e. The van der Waals surface area contributed by atoms with Crippen molar-refractivity contribution in [2.45, 2.75) is 6.92 Å². The van der Waals surface area contributed by atoms with E-state index in [1.807, 2.05) is 6.07 Å². The van der Waals surface area contributed by atoms with Crippen LogP contribution in [0.5, 0.6) is 0 Å². The fourth-order valence-corrected chi connectivity index (χ4v) is 2.65. The average Bonchev–Trinajstić information content (AvgIpc) is 2.81. The second kappa shape index (κ2) is 9.87. The Morgan fingerprint density at radius 3 is 2.09 bits per heavy atom. The number of nitro groups is 2. The maximum absolute atomic E-state index is 12.2. The van der Waals surface area contributed by atoms with Gasteiger partial charge in [0.1, 0.15) is 0 Å². The van der Waals surface area contributed by atoms with Crippen LogP contribution in [0.3, 0.4) is 0 Å². The van der Waals surface area contributed by atoms with Gasteiger partial charge in [0.2, 0.25) is 0 Å². The van der Waals surface area contributed by atoms with E-state index in [0.717, 1.165) is 23.8 Å². The molecule has 0 aliphatic heterocycles. The van der Waals surface area contributed by atoms with Crippen molar-refractivity contribution in [1.82, 2.24) is 0 Å². The Morgan fingerprint density at radius 2 is 1.52 bits per heavy atom. The highest BCUT2D eigenvalue weighted by molar-refractivity contribution is 5.96. The zero-order valence-corrected chi connectivity index (χ0v) is 17.0. The van der Waals surface area contributed by atoms with Crippen LogP contribution in [0.4, 0.5) is 22.7 Å². The summed E-state index contributed by atoms with van der Waals surface area (Å²) in [6.45, 7) is 1.79. The summed E-state index contributed by atoms with van der Waals surface area (Å²) in [4.78, 5) is 49.3. The summed E-state index contributed by atoms with van der Waals surface area (Å²) < 4.78 is 0. The van der Waals surface area contributed by atoms with Gasteiger partial charge in [-0.05, 0) is 42.8 Å². The van der Waals surface area contributed by atoms with E-state index in [4.69, 9.17) is 4.84 Å². The van der Waals surface area contributed by atoms with Crippen LogP contribution in [-0.4, -0.2) is 21.7 Å². The first-order valence-corrected chi connectivity index (χ1v) is 9.27. The summed E-state index contributed by atoms with van der Waals surface area (Å²) in [5.41, 5.74) is 2.62. The molecule has 0 aliphatic carbocycles. The molecule has 0 fully saturated rings. The van der Waals surface area contributed by atoms with E-state index >= 15 is 0 Å². The Bertz CT molecular complexity index is 1240. The molecule has 166 valence electrons. The van der Waals surface area contributed by atoms with Crippen LogP contribution in [0, 0.1) is 27.2 Å². The summed E-state index contributed by atoms with van der Waals surface area (Å²) in [5.74, 6) is -1.55. The van der Waals surface area contributed by atoms with Gasteiger partial charge < -0.3 is 4.84 Å². The Morgan fingerprint density at radius 1 is 0.909 bits per heavy atom. The third-order valence-electron chi connectivity index (χ3n) is 4.32. The maximum atomic E-state index is 12.2. The molecule has 0 aromatic heterocycles. The van der Waals surface area contributed by atoms with Gasteiger partial charge >= 0.3 is 5.97 Å². The van der Waals surface area contributed by atoms with Crippen molar-refractivity contribution in [2.24, 2.45) is 10.2 Å². The smallest absolute Gasteiger partial charge is 0.338 e. The predicted molar refractivity (Wildman–Crippen MR) is 115 cm³/mol. The number of non-ortho nitro benzene ring substituents is 2. The largest absolute Gasteiger partial charge is 0.363 e. The van der Waals surface area contributed by atoms with Crippen LogP contribution in [0.2, 0.25) is 0 Å². The third-order valence-corrected chi connectivity index (χ3v) is 4.32. The molecule has 3 rings (SSSR count). The number of aryl methyl sites for hydroxylation is 1. The molecule has 3 aromatic carbocycles. The van der Waals surface area contributed by atoms with E-state index < -0.39 is 33.1 Å². The number of azo groups is 1. The molecular weight excluding hydrogens is 434 g/mol. The highest BCUT2D eigenvalue weighted by atomic mass is 16.7. The Balaban J connectivity index is 1.64. The van der Waals surface area contributed by atoms with Crippen molar-refractivity contribution >= 4 is 34.6 Å². The van der Waals surface area contributed by atoms with E-state index in [1.165, 1.54) is 24.3 Å². The molecule has 0 atom stereocenters. The molecule has 0 radical (unpaired) electrons. The summed E-state index contributed by atoms with van der Waals surface area (Å²) in [6.07, 6.45) is 0. The van der Waals surface area contributed by atoms with Gasteiger partial charge in [-0.15, -0.1) is 10.2 Å². The summed E-state index contributed by atoms with van der Waals surface area (Å²) >= 11 is 0. The molecule has 1 amide bonds. The summed E-state index contributed by atoms with van der Waals surface area (Å²) in [5, 5.41) is 29.4. The van der Waals surface area contributed by atoms with E-state index in [2.05, 4.69) is 15.7 Å². The fraction of sp³-hybridized carbons (Fsp3) is 0.0476. The highest BCUT2D eigenvalue weighted by Crippen LogP contribution is 2.24. The quantitative estimate of drug-likeness (QED) is 0.301. The zero-order valence-electron chi connectivity index (χ0n) is 17.0. The van der Waals surface area contributed by atoms with Gasteiger partial charge in [-0.2, -0.15) is 0 Å². The molecule has 0 saturated carbocycles. The molecule has 0 spiro atoms. The lowest BCUT2D eigenvalue weighted by atomic mass is 10.1. The molecule has 0 aliphatic rings. The highest BCUT2D eigenvalue weighted by Gasteiger charge is 2.21. The number of carbonyl (C=O) groups is 2. The van der Waals surface area contributed by atoms with E-state index in [9.17, 15) is 29.8 Å². The first kappa shape index (κ1) is 22.7. The summed E-state index contributed by atoms with van der Waals surface area (Å²) in [6, 6.07) is 15.4. The van der Waals surface area contributed by atoms with E-state index in [1.54, 1.807) is 25.1 Å². The van der Waals surface area contributed by atoms with Gasteiger partial charge in [0.25, 0.3) is 17.3 Å². The Labute approximate surface area is 185 Å². The SMILES string of the molecule is Cc1ccccc1C(=O)N=Nc1ccc(NOC(=O)c2cc([N+](=O)[O-])cc([N+](=O)[O-])c2)cc1. The van der Waals surface area contributed by atoms with Crippen molar-refractivity contribution in [2.75, 3.05) is 5.48 Å². The minimum atomic E-state index is -1.06. The second-order valence-corrected chi connectivity index (χ2v) is 6.61. The number of nitro benzene ring substituents is 2. The number of carbonyl (C=O) groups excluding carboxylic acids is 2. The number of hydrogen-bond acceptors (Lipinski definition) is 9. The van der Waals surface area contributed by atoms with Crippen molar-refractivity contribution in [3.63, 3.8) is 0 Å². The second-order valence-electron chi connectivity index (χ2n) is 6.61. The van der Waals surface area contributed by atoms with Gasteiger partial charge in [0.15, 0.2) is 0 Å². The number of benzene rings is 3. The molecule has 0 saturated heterocycles. The minimum Gasteiger partial charge on any atom is -0.338 e. The fourth-order valence-electron chi connectivity index (χ4n) is 2.65. The molecule has 33 heavy (non-hydrogen) atoms. The number of amides is 1. The number of hydrogen-bond donors (Lipinski definition) is 1. The molecular formula is C21H15N5O7. The number of nitrogens with zero attached hydrogens (tertiary/aromatic N) is 4. The lowest BCUT2D eigenvalue weighted by Gasteiger charge is -2.07. The molecule has 3 aromatic rings. The molecule has 12 nitrogen and oxygen atoms in total.